The van der Waals surface area contributed by atoms with Crippen molar-refractivity contribution in [1.82, 2.24) is 4.90 Å². The molecular weight excluding hydrogens is 272 g/mol. The molecule has 0 radical (unpaired) electrons. The van der Waals surface area contributed by atoms with Crippen LogP contribution < -0.4 is 5.73 Å². The molecule has 2 N–H and O–H groups in total. The summed E-state index contributed by atoms with van der Waals surface area (Å²) >= 11 is 0. The van der Waals surface area contributed by atoms with E-state index in [4.69, 9.17) is 5.73 Å². The van der Waals surface area contributed by atoms with E-state index < -0.39 is 0 Å². The second-order valence-corrected chi connectivity index (χ2v) is 6.40. The van der Waals surface area contributed by atoms with Crippen LogP contribution in [-0.2, 0) is 4.79 Å². The number of piperidine rings is 1. The van der Waals surface area contributed by atoms with E-state index in [-0.39, 0.29) is 17.8 Å². The van der Waals surface area contributed by atoms with Gasteiger partial charge in [-0.2, -0.15) is 0 Å². The standard InChI is InChI=1S/C16H28N2O.ClH/c1-2-14-6-10-18(11-7-14)15(19)12-16(13-17)8-4-3-5-9-16;/h2,14H,1,3-13,17H2;1H. The minimum Gasteiger partial charge on any atom is -0.343 e. The van der Waals surface area contributed by atoms with E-state index in [0.29, 0.717) is 24.8 Å². The van der Waals surface area contributed by atoms with Crippen molar-refractivity contribution in [2.75, 3.05) is 19.6 Å². The van der Waals surface area contributed by atoms with Crippen molar-refractivity contribution in [3.05, 3.63) is 12.7 Å². The summed E-state index contributed by atoms with van der Waals surface area (Å²) in [6.07, 6.45) is 10.9. The normalized spacial score (nSPS) is 22.9. The zero-order valence-electron chi connectivity index (χ0n) is 12.5. The van der Waals surface area contributed by atoms with Gasteiger partial charge >= 0.3 is 0 Å². The lowest BCUT2D eigenvalue weighted by molar-refractivity contribution is -0.135. The average Bonchev–Trinajstić information content (AvgIpc) is 2.48. The summed E-state index contributed by atoms with van der Waals surface area (Å²) in [5.41, 5.74) is 6.08. The van der Waals surface area contributed by atoms with Crippen molar-refractivity contribution in [3.8, 4) is 0 Å². The molecule has 1 aliphatic heterocycles. The lowest BCUT2D eigenvalue weighted by atomic mass is 9.71. The topological polar surface area (TPSA) is 46.3 Å². The molecule has 0 aromatic carbocycles. The molecule has 1 heterocycles. The number of rotatable bonds is 4. The van der Waals surface area contributed by atoms with Gasteiger partial charge in [0.25, 0.3) is 0 Å². The van der Waals surface area contributed by atoms with E-state index in [2.05, 4.69) is 6.58 Å². The molecule has 1 saturated heterocycles. The summed E-state index contributed by atoms with van der Waals surface area (Å²) in [5, 5.41) is 0. The maximum absolute atomic E-state index is 12.5. The zero-order chi connectivity index (χ0) is 13.7. The van der Waals surface area contributed by atoms with Gasteiger partial charge in [0, 0.05) is 19.5 Å². The van der Waals surface area contributed by atoms with Gasteiger partial charge in [0.2, 0.25) is 5.91 Å². The largest absolute Gasteiger partial charge is 0.343 e. The lowest BCUT2D eigenvalue weighted by Gasteiger charge is -2.38. The number of hydrogen-bond acceptors (Lipinski definition) is 2. The summed E-state index contributed by atoms with van der Waals surface area (Å²) in [4.78, 5) is 14.5. The second kappa shape index (κ2) is 8.04. The van der Waals surface area contributed by atoms with Crippen LogP contribution in [0.2, 0.25) is 0 Å². The molecular formula is C16H29ClN2O. The predicted molar refractivity (Wildman–Crippen MR) is 85.9 cm³/mol. The molecule has 2 fully saturated rings. The Labute approximate surface area is 129 Å². The Kier molecular flexibility index (Phi) is 7.04. The second-order valence-electron chi connectivity index (χ2n) is 6.40. The number of nitrogens with two attached hydrogens (primary N) is 1. The highest BCUT2D eigenvalue weighted by atomic mass is 35.5. The first-order chi connectivity index (χ1) is 9.19. The van der Waals surface area contributed by atoms with E-state index in [1.54, 1.807) is 0 Å². The highest BCUT2D eigenvalue weighted by Gasteiger charge is 2.35. The molecule has 1 saturated carbocycles. The Morgan fingerprint density at radius 1 is 1.25 bits per heavy atom. The Hall–Kier alpha value is -0.540. The molecule has 0 bridgehead atoms. The van der Waals surface area contributed by atoms with E-state index in [9.17, 15) is 4.79 Å². The Balaban J connectivity index is 0.00000200. The number of allylic oxidation sites excluding steroid dienone is 1. The molecule has 0 atom stereocenters. The Morgan fingerprint density at radius 2 is 1.85 bits per heavy atom. The van der Waals surface area contributed by atoms with Crippen LogP contribution in [0, 0.1) is 11.3 Å². The highest BCUT2D eigenvalue weighted by Crippen LogP contribution is 2.39. The third kappa shape index (κ3) is 4.23. The van der Waals surface area contributed by atoms with Crippen LogP contribution in [0.5, 0.6) is 0 Å². The number of carbonyl (C=O) groups is 1. The van der Waals surface area contributed by atoms with Gasteiger partial charge in [-0.15, -0.1) is 19.0 Å². The first kappa shape index (κ1) is 17.5. The van der Waals surface area contributed by atoms with Crippen molar-refractivity contribution < 1.29 is 4.79 Å². The lowest BCUT2D eigenvalue weighted by Crippen LogP contribution is -2.43. The smallest absolute Gasteiger partial charge is 0.223 e. The zero-order valence-corrected chi connectivity index (χ0v) is 13.3. The molecule has 20 heavy (non-hydrogen) atoms. The van der Waals surface area contributed by atoms with Gasteiger partial charge in [0.05, 0.1) is 0 Å². The molecule has 3 nitrogen and oxygen atoms in total. The molecule has 1 aliphatic carbocycles. The van der Waals surface area contributed by atoms with Gasteiger partial charge in [-0.3, -0.25) is 4.79 Å². The molecule has 0 aromatic heterocycles. The Bertz CT molecular complexity index is 318. The first-order valence-electron chi connectivity index (χ1n) is 7.79. The number of halogens is 1. The highest BCUT2D eigenvalue weighted by molar-refractivity contribution is 5.85. The fourth-order valence-electron chi connectivity index (χ4n) is 3.57. The van der Waals surface area contributed by atoms with E-state index in [1.807, 2.05) is 11.0 Å². The summed E-state index contributed by atoms with van der Waals surface area (Å²) in [6.45, 7) is 6.32. The van der Waals surface area contributed by atoms with E-state index in [0.717, 1.165) is 38.8 Å². The van der Waals surface area contributed by atoms with Crippen molar-refractivity contribution in [2.45, 2.75) is 51.4 Å². The SMILES string of the molecule is C=CC1CCN(C(=O)CC2(CN)CCCCC2)CC1.Cl. The maximum Gasteiger partial charge on any atom is 0.223 e. The van der Waals surface area contributed by atoms with Gasteiger partial charge < -0.3 is 10.6 Å². The van der Waals surface area contributed by atoms with Gasteiger partial charge in [-0.05, 0) is 43.6 Å². The first-order valence-corrected chi connectivity index (χ1v) is 7.79. The van der Waals surface area contributed by atoms with Crippen molar-refractivity contribution >= 4 is 18.3 Å². The Morgan fingerprint density at radius 3 is 2.35 bits per heavy atom. The summed E-state index contributed by atoms with van der Waals surface area (Å²) < 4.78 is 0. The molecule has 2 rings (SSSR count). The molecule has 0 unspecified atom stereocenters. The molecule has 1 amide bonds. The third-order valence-electron chi connectivity index (χ3n) is 5.10. The number of carbonyl (C=O) groups excluding carboxylic acids is 1. The van der Waals surface area contributed by atoms with E-state index in [1.165, 1.54) is 19.3 Å². The van der Waals surface area contributed by atoms with Gasteiger partial charge in [0.15, 0.2) is 0 Å². The van der Waals surface area contributed by atoms with Crippen LogP contribution in [0.25, 0.3) is 0 Å². The fraction of sp³-hybridized carbons (Fsp3) is 0.812. The van der Waals surface area contributed by atoms with Crippen LogP contribution in [0.1, 0.15) is 51.4 Å². The minimum absolute atomic E-state index is 0. The van der Waals surface area contributed by atoms with Crippen LogP contribution in [0.4, 0.5) is 0 Å². The maximum atomic E-state index is 12.5. The summed E-state index contributed by atoms with van der Waals surface area (Å²) in [7, 11) is 0. The van der Waals surface area contributed by atoms with Crippen molar-refractivity contribution in [2.24, 2.45) is 17.1 Å². The molecule has 116 valence electrons. The predicted octanol–water partition coefficient (Wildman–Crippen LogP) is 3.13. The van der Waals surface area contributed by atoms with Crippen LogP contribution >= 0.6 is 12.4 Å². The number of amides is 1. The van der Waals surface area contributed by atoms with Gasteiger partial charge in [-0.1, -0.05) is 25.3 Å². The molecule has 2 aliphatic rings. The fourth-order valence-corrected chi connectivity index (χ4v) is 3.57. The van der Waals surface area contributed by atoms with Crippen LogP contribution in [-0.4, -0.2) is 30.4 Å². The third-order valence-corrected chi connectivity index (χ3v) is 5.10. The number of likely N-dealkylation sites (tertiary alicyclic amines) is 1. The van der Waals surface area contributed by atoms with Crippen LogP contribution in [0.3, 0.4) is 0 Å². The van der Waals surface area contributed by atoms with E-state index >= 15 is 0 Å². The molecule has 4 heteroatoms. The summed E-state index contributed by atoms with van der Waals surface area (Å²) in [5.74, 6) is 0.928. The van der Waals surface area contributed by atoms with Crippen molar-refractivity contribution in [3.63, 3.8) is 0 Å². The molecule has 0 spiro atoms. The summed E-state index contributed by atoms with van der Waals surface area (Å²) in [6, 6.07) is 0. The number of nitrogens with zero attached hydrogens (tertiary/aromatic N) is 1. The van der Waals surface area contributed by atoms with Gasteiger partial charge in [0.1, 0.15) is 0 Å². The molecule has 0 aromatic rings. The minimum atomic E-state index is 0. The van der Waals surface area contributed by atoms with Gasteiger partial charge in [-0.25, -0.2) is 0 Å². The van der Waals surface area contributed by atoms with Crippen molar-refractivity contribution in [1.29, 1.82) is 0 Å². The average molecular weight is 301 g/mol. The monoisotopic (exact) mass is 300 g/mol. The quantitative estimate of drug-likeness (QED) is 0.811. The number of hydrogen-bond donors (Lipinski definition) is 1. The van der Waals surface area contributed by atoms with Crippen LogP contribution in [0.15, 0.2) is 12.7 Å².